The highest BCUT2D eigenvalue weighted by molar-refractivity contribution is 5.94. The van der Waals surface area contributed by atoms with E-state index >= 15 is 0 Å². The second-order valence-corrected chi connectivity index (χ2v) is 8.77. The molecule has 1 fully saturated rings. The van der Waals surface area contributed by atoms with Crippen LogP contribution in [0.3, 0.4) is 0 Å². The Hall–Kier alpha value is -3.21. The Bertz CT molecular complexity index is 1120. The molecule has 5 heteroatoms. The van der Waals surface area contributed by atoms with Gasteiger partial charge in [0, 0.05) is 37.7 Å². The van der Waals surface area contributed by atoms with E-state index in [0.29, 0.717) is 18.7 Å². The first-order valence-electron chi connectivity index (χ1n) is 11.0. The molecule has 0 atom stereocenters. The van der Waals surface area contributed by atoms with Crippen LogP contribution in [0.5, 0.6) is 11.5 Å². The Labute approximate surface area is 183 Å². The van der Waals surface area contributed by atoms with Crippen molar-refractivity contribution >= 4 is 5.91 Å². The number of ether oxygens (including phenoxy) is 2. The number of fused-ring (bicyclic) bond motifs is 4. The van der Waals surface area contributed by atoms with Crippen molar-refractivity contribution in [1.82, 2.24) is 9.47 Å². The number of hydrogen-bond acceptors (Lipinski definition) is 3. The number of piperidine rings is 1. The van der Waals surface area contributed by atoms with Gasteiger partial charge in [-0.3, -0.25) is 4.79 Å². The highest BCUT2D eigenvalue weighted by Gasteiger charge is 2.44. The standard InChI is InChI=1S/C26H28N2O3/c1-18(2)30-22-11-10-20(17-19(22)3)25(29)27-15-12-26(13-16-27)24-9-6-14-28(24)21-7-4-5-8-23(21)31-26/h4-11,14,17-18H,12-13,15-16H2,1-3H3. The summed E-state index contributed by atoms with van der Waals surface area (Å²) in [4.78, 5) is 15.1. The Balaban J connectivity index is 1.34. The van der Waals surface area contributed by atoms with Gasteiger partial charge in [0.25, 0.3) is 5.91 Å². The van der Waals surface area contributed by atoms with Crippen LogP contribution in [0.15, 0.2) is 60.8 Å². The molecule has 3 aromatic rings. The minimum absolute atomic E-state index is 0.0700. The molecule has 1 amide bonds. The molecule has 0 saturated carbocycles. The lowest BCUT2D eigenvalue weighted by Crippen LogP contribution is -2.50. The number of carbonyl (C=O) groups is 1. The third-order valence-electron chi connectivity index (χ3n) is 6.29. The summed E-state index contributed by atoms with van der Waals surface area (Å²) < 4.78 is 14.6. The minimum atomic E-state index is -0.389. The SMILES string of the molecule is Cc1cc(C(=O)N2CCC3(CC2)Oc2ccccc2-n2cccc23)ccc1OC(C)C. The van der Waals surface area contributed by atoms with Crippen molar-refractivity contribution in [2.24, 2.45) is 0 Å². The third kappa shape index (κ3) is 3.38. The topological polar surface area (TPSA) is 43.7 Å². The van der Waals surface area contributed by atoms with Crippen LogP contribution in [0.25, 0.3) is 5.69 Å². The highest BCUT2D eigenvalue weighted by Crippen LogP contribution is 2.45. The average molecular weight is 417 g/mol. The fourth-order valence-corrected chi connectivity index (χ4v) is 4.75. The minimum Gasteiger partial charge on any atom is -0.491 e. The third-order valence-corrected chi connectivity index (χ3v) is 6.29. The maximum atomic E-state index is 13.2. The summed E-state index contributed by atoms with van der Waals surface area (Å²) in [6.45, 7) is 7.32. The zero-order valence-electron chi connectivity index (χ0n) is 18.3. The van der Waals surface area contributed by atoms with Crippen LogP contribution in [0.1, 0.15) is 48.3 Å². The molecule has 3 heterocycles. The maximum Gasteiger partial charge on any atom is 0.253 e. The van der Waals surface area contributed by atoms with E-state index in [-0.39, 0.29) is 17.6 Å². The van der Waals surface area contributed by atoms with E-state index in [1.807, 2.05) is 62.1 Å². The molecule has 2 aliphatic rings. The molecule has 5 rings (SSSR count). The summed E-state index contributed by atoms with van der Waals surface area (Å²) in [5.74, 6) is 1.81. The first-order valence-corrected chi connectivity index (χ1v) is 11.0. The molecular weight excluding hydrogens is 388 g/mol. The lowest BCUT2D eigenvalue weighted by atomic mass is 9.86. The smallest absolute Gasteiger partial charge is 0.253 e. The Morgan fingerprint density at radius 3 is 2.58 bits per heavy atom. The van der Waals surface area contributed by atoms with Gasteiger partial charge in [0.1, 0.15) is 11.5 Å². The largest absolute Gasteiger partial charge is 0.491 e. The summed E-state index contributed by atoms with van der Waals surface area (Å²) in [6.07, 6.45) is 3.74. The molecular formula is C26H28N2O3. The summed E-state index contributed by atoms with van der Waals surface area (Å²) in [5, 5.41) is 0. The predicted molar refractivity (Wildman–Crippen MR) is 120 cm³/mol. The van der Waals surface area contributed by atoms with Gasteiger partial charge in [-0.25, -0.2) is 0 Å². The quantitative estimate of drug-likeness (QED) is 0.597. The molecule has 5 nitrogen and oxygen atoms in total. The number of amides is 1. The fraction of sp³-hybridized carbons (Fsp3) is 0.346. The van der Waals surface area contributed by atoms with Gasteiger partial charge in [0.15, 0.2) is 5.60 Å². The van der Waals surface area contributed by atoms with E-state index < -0.39 is 0 Å². The molecule has 0 unspecified atom stereocenters. The molecule has 1 aromatic heterocycles. The number of nitrogens with zero attached hydrogens (tertiary/aromatic N) is 2. The van der Waals surface area contributed by atoms with Crippen molar-refractivity contribution in [3.8, 4) is 17.2 Å². The van der Waals surface area contributed by atoms with Crippen molar-refractivity contribution in [2.75, 3.05) is 13.1 Å². The normalized spacial score (nSPS) is 16.6. The van der Waals surface area contributed by atoms with Crippen molar-refractivity contribution in [3.63, 3.8) is 0 Å². The number of aryl methyl sites for hydroxylation is 1. The Kier molecular flexibility index (Phi) is 4.77. The van der Waals surface area contributed by atoms with Crippen LogP contribution in [-0.2, 0) is 5.60 Å². The van der Waals surface area contributed by atoms with Gasteiger partial charge < -0.3 is 18.9 Å². The number of aromatic nitrogens is 1. The van der Waals surface area contributed by atoms with E-state index in [2.05, 4.69) is 29.0 Å². The molecule has 1 spiro atoms. The van der Waals surface area contributed by atoms with E-state index in [1.54, 1.807) is 0 Å². The molecule has 1 saturated heterocycles. The monoisotopic (exact) mass is 416 g/mol. The number of benzene rings is 2. The first-order chi connectivity index (χ1) is 15.0. The van der Waals surface area contributed by atoms with E-state index in [1.165, 1.54) is 5.69 Å². The summed E-state index contributed by atoms with van der Waals surface area (Å²) in [6, 6.07) is 18.1. The molecule has 31 heavy (non-hydrogen) atoms. The number of para-hydroxylation sites is 2. The van der Waals surface area contributed by atoms with Crippen LogP contribution in [0.2, 0.25) is 0 Å². The highest BCUT2D eigenvalue weighted by atomic mass is 16.5. The van der Waals surface area contributed by atoms with E-state index in [0.717, 1.165) is 35.6 Å². The first kappa shape index (κ1) is 19.7. The maximum absolute atomic E-state index is 13.2. The van der Waals surface area contributed by atoms with Crippen LogP contribution in [0, 0.1) is 6.92 Å². The molecule has 0 N–H and O–H groups in total. The molecule has 2 aromatic carbocycles. The summed E-state index contributed by atoms with van der Waals surface area (Å²) >= 11 is 0. The van der Waals surface area contributed by atoms with Gasteiger partial charge in [0.2, 0.25) is 0 Å². The van der Waals surface area contributed by atoms with Gasteiger partial charge in [-0.1, -0.05) is 12.1 Å². The number of likely N-dealkylation sites (tertiary alicyclic amines) is 1. The zero-order chi connectivity index (χ0) is 21.6. The van der Waals surface area contributed by atoms with Crippen molar-refractivity contribution in [3.05, 3.63) is 77.6 Å². The van der Waals surface area contributed by atoms with Crippen molar-refractivity contribution in [2.45, 2.75) is 45.3 Å². The predicted octanol–water partition coefficient (Wildman–Crippen LogP) is 5.10. The Morgan fingerprint density at radius 1 is 1.06 bits per heavy atom. The number of carbonyl (C=O) groups excluding carboxylic acids is 1. The lowest BCUT2D eigenvalue weighted by molar-refractivity contribution is -0.00931. The lowest BCUT2D eigenvalue weighted by Gasteiger charge is -2.45. The molecule has 160 valence electrons. The second-order valence-electron chi connectivity index (χ2n) is 8.77. The van der Waals surface area contributed by atoms with Crippen molar-refractivity contribution < 1.29 is 14.3 Å². The van der Waals surface area contributed by atoms with Crippen LogP contribution < -0.4 is 9.47 Å². The zero-order valence-corrected chi connectivity index (χ0v) is 18.3. The Morgan fingerprint density at radius 2 is 1.84 bits per heavy atom. The van der Waals surface area contributed by atoms with Crippen LogP contribution in [-0.4, -0.2) is 34.6 Å². The van der Waals surface area contributed by atoms with Crippen LogP contribution in [0.4, 0.5) is 0 Å². The van der Waals surface area contributed by atoms with Gasteiger partial charge in [-0.2, -0.15) is 0 Å². The average Bonchev–Trinajstić information content (AvgIpc) is 3.27. The fourth-order valence-electron chi connectivity index (χ4n) is 4.75. The van der Waals surface area contributed by atoms with Crippen molar-refractivity contribution in [1.29, 1.82) is 0 Å². The number of rotatable bonds is 3. The molecule has 0 aliphatic carbocycles. The molecule has 0 bridgehead atoms. The molecule has 2 aliphatic heterocycles. The van der Waals surface area contributed by atoms with Gasteiger partial charge in [-0.05, 0) is 68.8 Å². The van der Waals surface area contributed by atoms with Crippen LogP contribution >= 0.6 is 0 Å². The second kappa shape index (κ2) is 7.49. The molecule has 0 radical (unpaired) electrons. The van der Waals surface area contributed by atoms with Gasteiger partial charge in [0.05, 0.1) is 17.5 Å². The number of hydrogen-bond donors (Lipinski definition) is 0. The van der Waals surface area contributed by atoms with E-state index in [9.17, 15) is 4.79 Å². The van der Waals surface area contributed by atoms with E-state index in [4.69, 9.17) is 9.47 Å². The van der Waals surface area contributed by atoms with Gasteiger partial charge >= 0.3 is 0 Å². The van der Waals surface area contributed by atoms with Gasteiger partial charge in [-0.15, -0.1) is 0 Å². The summed E-state index contributed by atoms with van der Waals surface area (Å²) in [5.41, 5.74) is 3.55. The summed E-state index contributed by atoms with van der Waals surface area (Å²) in [7, 11) is 0.